The maximum atomic E-state index is 13.9. The number of ether oxygens (including phenoxy) is 1. The van der Waals surface area contributed by atoms with Gasteiger partial charge in [-0.2, -0.15) is 0 Å². The second-order valence-corrected chi connectivity index (χ2v) is 8.07. The van der Waals surface area contributed by atoms with E-state index in [0.717, 1.165) is 4.90 Å². The van der Waals surface area contributed by atoms with Crippen LogP contribution in [0.25, 0.3) is 5.57 Å². The summed E-state index contributed by atoms with van der Waals surface area (Å²) in [4.78, 5) is 41.2. The van der Waals surface area contributed by atoms with Crippen molar-refractivity contribution in [1.29, 1.82) is 0 Å². The van der Waals surface area contributed by atoms with Crippen molar-refractivity contribution in [2.45, 2.75) is 33.0 Å². The van der Waals surface area contributed by atoms with Crippen molar-refractivity contribution in [2.75, 3.05) is 23.3 Å². The molecule has 0 spiro atoms. The number of nitrogens with zero attached hydrogens (tertiary/aromatic N) is 2. The van der Waals surface area contributed by atoms with Crippen LogP contribution in [0, 0.1) is 5.82 Å². The normalized spacial score (nSPS) is 21.4. The Bertz CT molecular complexity index is 1100. The summed E-state index contributed by atoms with van der Waals surface area (Å²) in [5.74, 6) is -1.76. The number of carbonyl (C=O) groups is 3. The average Bonchev–Trinajstić information content (AvgIpc) is 2.97. The molecule has 0 saturated carbocycles. The number of nitrogens with one attached hydrogen (secondary N) is 1. The molecule has 3 amide bonds. The molecule has 2 aliphatic rings. The minimum atomic E-state index is -0.536. The first-order valence-corrected chi connectivity index (χ1v) is 10.4. The summed E-state index contributed by atoms with van der Waals surface area (Å²) in [6.07, 6.45) is -0.249. The summed E-state index contributed by atoms with van der Waals surface area (Å²) < 4.78 is 19.7. The van der Waals surface area contributed by atoms with E-state index < -0.39 is 17.6 Å². The van der Waals surface area contributed by atoms with Crippen molar-refractivity contribution in [2.24, 2.45) is 0 Å². The first-order valence-electron chi connectivity index (χ1n) is 10.4. The Hall–Kier alpha value is -3.52. The SMILES string of the molecule is CC(=O)Nc1ccc(C2=C(N3CC(C)OC(C)C3)C(=O)N(c3cccc(F)c3)C2=O)cc1. The second-order valence-electron chi connectivity index (χ2n) is 8.07. The predicted molar refractivity (Wildman–Crippen MR) is 118 cm³/mol. The van der Waals surface area contributed by atoms with Crippen molar-refractivity contribution < 1.29 is 23.5 Å². The summed E-state index contributed by atoms with van der Waals surface area (Å²) in [5, 5.41) is 2.68. The number of halogens is 1. The molecule has 2 aromatic rings. The van der Waals surface area contributed by atoms with Crippen LogP contribution in [0.4, 0.5) is 15.8 Å². The highest BCUT2D eigenvalue weighted by Gasteiger charge is 2.44. The molecule has 1 N–H and O–H groups in total. The van der Waals surface area contributed by atoms with Gasteiger partial charge in [0.15, 0.2) is 0 Å². The molecule has 0 bridgehead atoms. The van der Waals surface area contributed by atoms with Crippen LogP contribution in [0.2, 0.25) is 0 Å². The molecule has 0 radical (unpaired) electrons. The number of anilines is 2. The summed E-state index contributed by atoms with van der Waals surface area (Å²) >= 11 is 0. The zero-order valence-electron chi connectivity index (χ0n) is 18.1. The zero-order valence-corrected chi connectivity index (χ0v) is 18.1. The van der Waals surface area contributed by atoms with Crippen molar-refractivity contribution in [1.82, 2.24) is 4.90 Å². The molecule has 2 unspecified atom stereocenters. The molecular weight excluding hydrogens is 413 g/mol. The maximum Gasteiger partial charge on any atom is 0.282 e. The van der Waals surface area contributed by atoms with Crippen molar-refractivity contribution >= 4 is 34.7 Å². The van der Waals surface area contributed by atoms with Crippen LogP contribution >= 0.6 is 0 Å². The van der Waals surface area contributed by atoms with E-state index in [9.17, 15) is 18.8 Å². The Morgan fingerprint density at radius 1 is 1.03 bits per heavy atom. The molecule has 8 heteroatoms. The van der Waals surface area contributed by atoms with E-state index in [1.165, 1.54) is 31.2 Å². The molecule has 2 aliphatic heterocycles. The highest BCUT2D eigenvalue weighted by Crippen LogP contribution is 2.36. The van der Waals surface area contributed by atoms with Gasteiger partial charge in [0.25, 0.3) is 11.8 Å². The molecule has 32 heavy (non-hydrogen) atoms. The van der Waals surface area contributed by atoms with Crippen molar-refractivity contribution in [3.05, 3.63) is 65.6 Å². The van der Waals surface area contributed by atoms with Crippen LogP contribution in [0.1, 0.15) is 26.3 Å². The summed E-state index contributed by atoms with van der Waals surface area (Å²) in [7, 11) is 0. The highest BCUT2D eigenvalue weighted by molar-refractivity contribution is 6.45. The largest absolute Gasteiger partial charge is 0.372 e. The van der Waals surface area contributed by atoms with Gasteiger partial charge in [-0.25, -0.2) is 9.29 Å². The minimum Gasteiger partial charge on any atom is -0.372 e. The van der Waals surface area contributed by atoms with E-state index in [4.69, 9.17) is 4.74 Å². The molecule has 4 rings (SSSR count). The lowest BCUT2D eigenvalue weighted by molar-refractivity contribution is -0.121. The van der Waals surface area contributed by atoms with Crippen LogP contribution in [0.3, 0.4) is 0 Å². The van der Waals surface area contributed by atoms with Crippen LogP contribution in [-0.2, 0) is 19.1 Å². The lowest BCUT2D eigenvalue weighted by atomic mass is 10.0. The number of hydrogen-bond acceptors (Lipinski definition) is 5. The Morgan fingerprint density at radius 3 is 2.28 bits per heavy atom. The van der Waals surface area contributed by atoms with E-state index in [2.05, 4.69) is 5.32 Å². The van der Waals surface area contributed by atoms with E-state index in [0.29, 0.717) is 24.3 Å². The van der Waals surface area contributed by atoms with E-state index in [1.54, 1.807) is 24.3 Å². The minimum absolute atomic E-state index is 0.124. The Morgan fingerprint density at radius 2 is 1.69 bits per heavy atom. The van der Waals surface area contributed by atoms with Gasteiger partial charge in [0, 0.05) is 25.7 Å². The number of rotatable bonds is 4. The Kier molecular flexibility index (Phi) is 5.80. The number of morpholine rings is 1. The predicted octanol–water partition coefficient (Wildman–Crippen LogP) is 3.18. The standard InChI is InChI=1S/C24H24FN3O4/c1-14-12-27(13-15(2)32-14)22-21(17-7-9-19(10-8-17)26-16(3)29)23(30)28(24(22)31)20-6-4-5-18(25)11-20/h4-11,14-15H,12-13H2,1-3H3,(H,26,29). The first-order chi connectivity index (χ1) is 15.2. The average molecular weight is 437 g/mol. The number of carbonyl (C=O) groups excluding carboxylic acids is 3. The van der Waals surface area contributed by atoms with Crippen LogP contribution < -0.4 is 10.2 Å². The van der Waals surface area contributed by atoms with E-state index in [-0.39, 0.29) is 35.1 Å². The van der Waals surface area contributed by atoms with Gasteiger partial charge >= 0.3 is 0 Å². The third-order valence-corrected chi connectivity index (χ3v) is 5.36. The number of imide groups is 1. The first kappa shape index (κ1) is 21.7. The smallest absolute Gasteiger partial charge is 0.282 e. The number of amides is 3. The lowest BCUT2D eigenvalue weighted by Crippen LogP contribution is -2.47. The van der Waals surface area contributed by atoms with Gasteiger partial charge in [-0.15, -0.1) is 0 Å². The van der Waals surface area contributed by atoms with Gasteiger partial charge < -0.3 is 15.0 Å². The number of hydrogen-bond donors (Lipinski definition) is 1. The van der Waals surface area contributed by atoms with Crippen molar-refractivity contribution in [3.8, 4) is 0 Å². The molecule has 1 saturated heterocycles. The van der Waals surface area contributed by atoms with Gasteiger partial charge in [0.1, 0.15) is 11.5 Å². The maximum absolute atomic E-state index is 13.9. The summed E-state index contributed by atoms with van der Waals surface area (Å²) in [6, 6.07) is 12.1. The van der Waals surface area contributed by atoms with Gasteiger partial charge in [-0.05, 0) is 49.7 Å². The van der Waals surface area contributed by atoms with Crippen molar-refractivity contribution in [3.63, 3.8) is 0 Å². The van der Waals surface area contributed by atoms with E-state index >= 15 is 0 Å². The Balaban J connectivity index is 1.80. The fourth-order valence-corrected chi connectivity index (χ4v) is 4.21. The monoisotopic (exact) mass is 437 g/mol. The molecule has 2 atom stereocenters. The fraction of sp³-hybridized carbons (Fsp3) is 0.292. The third kappa shape index (κ3) is 4.13. The van der Waals surface area contributed by atoms with Crippen LogP contribution in [-0.4, -0.2) is 47.9 Å². The molecule has 7 nitrogen and oxygen atoms in total. The molecular formula is C24H24FN3O4. The molecule has 166 valence electrons. The van der Waals surface area contributed by atoms with Gasteiger partial charge in [-0.1, -0.05) is 18.2 Å². The molecule has 0 aromatic heterocycles. The van der Waals surface area contributed by atoms with Crippen LogP contribution in [0.5, 0.6) is 0 Å². The summed E-state index contributed by atoms with van der Waals surface area (Å²) in [5.41, 5.74) is 1.81. The van der Waals surface area contributed by atoms with Crippen LogP contribution in [0.15, 0.2) is 54.2 Å². The Labute approximate surface area is 185 Å². The molecule has 0 aliphatic carbocycles. The highest BCUT2D eigenvalue weighted by atomic mass is 19.1. The second kappa shape index (κ2) is 8.55. The fourth-order valence-electron chi connectivity index (χ4n) is 4.21. The van der Waals surface area contributed by atoms with E-state index in [1.807, 2.05) is 18.7 Å². The molecule has 2 aromatic carbocycles. The lowest BCUT2D eigenvalue weighted by Gasteiger charge is -2.37. The van der Waals surface area contributed by atoms with Gasteiger partial charge in [0.2, 0.25) is 5.91 Å². The molecule has 1 fully saturated rings. The quantitative estimate of drug-likeness (QED) is 0.744. The summed E-state index contributed by atoms with van der Waals surface area (Å²) in [6.45, 7) is 6.13. The molecule has 2 heterocycles. The third-order valence-electron chi connectivity index (χ3n) is 5.36. The van der Waals surface area contributed by atoms with Gasteiger partial charge in [0.05, 0.1) is 23.5 Å². The number of benzene rings is 2. The van der Waals surface area contributed by atoms with Gasteiger partial charge in [-0.3, -0.25) is 14.4 Å². The zero-order chi connectivity index (χ0) is 23.0. The topological polar surface area (TPSA) is 79.0 Å².